The first-order valence-corrected chi connectivity index (χ1v) is 27.1. The van der Waals surface area contributed by atoms with Crippen LogP contribution in [0.15, 0.2) is 347 Å². The SMILES string of the molecule is [2H]c1c([2H])c([2H])c(-c2c([2H])c(-c3c([2H])c([2H])c([2H])c([2H])c3[2H])c([2H])c(-c3c4c([2H])c([2H])c([2H])c([2H])c4c(-c4c([2H])c([2H])c([2H])c5oc6c([2H])c7c([2H])c([2H])c([2H])c([2H])c7c([2H])c6c45)c4c([2H])c([2H])c([2H])c([2H])c34)c2[2H])c([2H])c1[2H].[2H]c1c([2H])c([2H])c(-c2c([2H])c([2H])c(-c3c4c([2H])c([2H])c([2H])c([2H])c4c(-c4c([2H])c([2H])c([2H])c5oc6c([2H])c7c([2H])c([2H])c([2H])c([2H])c7c([2H])c6c45)c4c([2H])c([2H])c([2H])c([2H])c34)c([2H])c2[2H])c([2H])c1[2H]. The van der Waals surface area contributed by atoms with Gasteiger partial charge in [0.05, 0.1) is 76.8 Å². The molecule has 0 aliphatic rings. The van der Waals surface area contributed by atoms with Crippen LogP contribution in [0.1, 0.15) is 76.8 Å². The zero-order valence-electron chi connectivity index (χ0n) is 102. The van der Waals surface area contributed by atoms with Crippen molar-refractivity contribution in [3.8, 4) is 77.9 Å². The van der Waals surface area contributed by atoms with Crippen LogP contribution in [-0.2, 0) is 0 Å². The summed E-state index contributed by atoms with van der Waals surface area (Å²) in [6.45, 7) is 0. The van der Waals surface area contributed by atoms with Gasteiger partial charge in [0.25, 0.3) is 0 Å². The molecule has 19 aromatic rings. The monoisotopic (exact) mass is 1220 g/mol. The lowest BCUT2D eigenvalue weighted by atomic mass is 9.83. The smallest absolute Gasteiger partial charge is 0.136 e. The predicted octanol–water partition coefficient (Wildman–Crippen LogP) is 25.8. The molecule has 0 unspecified atom stereocenters. The summed E-state index contributed by atoms with van der Waals surface area (Å²) in [5, 5.41) is -10.5. The first-order valence-electron chi connectivity index (χ1n) is 55.1. The summed E-state index contributed by atoms with van der Waals surface area (Å²) in [7, 11) is 0. The molecule has 0 fully saturated rings. The van der Waals surface area contributed by atoms with E-state index in [1.165, 1.54) is 0 Å². The molecular weight excluding hydrogens is 1110 g/mol. The molecule has 0 aliphatic carbocycles. The van der Waals surface area contributed by atoms with Crippen LogP contribution in [-0.4, -0.2) is 0 Å². The minimum Gasteiger partial charge on any atom is -0.456 e. The minimum absolute atomic E-state index is 0.469. The first-order chi connectivity index (χ1) is 69.0. The quantitative estimate of drug-likeness (QED) is 0.149. The molecule has 428 valence electrons. The van der Waals surface area contributed by atoms with Crippen LogP contribution >= 0.6 is 0 Å². The third-order valence-electron chi connectivity index (χ3n) is 14.8. The van der Waals surface area contributed by atoms with Gasteiger partial charge in [-0.05, 0) is 197 Å². The van der Waals surface area contributed by atoms with E-state index in [1.807, 2.05) is 0 Å². The van der Waals surface area contributed by atoms with Gasteiger partial charge in [-0.25, -0.2) is 0 Å². The number of hydrogen-bond donors (Lipinski definition) is 0. The third kappa shape index (κ3) is 8.87. The molecule has 2 heteroatoms. The van der Waals surface area contributed by atoms with Gasteiger partial charge in [0.2, 0.25) is 0 Å². The van der Waals surface area contributed by atoms with Gasteiger partial charge in [0, 0.05) is 21.5 Å². The van der Waals surface area contributed by atoms with Crippen LogP contribution in [0.25, 0.3) is 186 Å². The molecule has 2 aromatic heterocycles. The predicted molar refractivity (Wildman–Crippen MR) is 391 cm³/mol. The Morgan fingerprint density at radius 3 is 0.837 bits per heavy atom. The van der Waals surface area contributed by atoms with Crippen LogP contribution in [0, 0.1) is 0 Å². The number of furan rings is 2. The molecule has 2 nitrogen and oxygen atoms in total. The highest BCUT2D eigenvalue weighted by Gasteiger charge is 2.24. The summed E-state index contributed by atoms with van der Waals surface area (Å²) in [4.78, 5) is 0. The minimum atomic E-state index is -1.19. The van der Waals surface area contributed by atoms with E-state index in [2.05, 4.69) is 0 Å². The van der Waals surface area contributed by atoms with E-state index in [4.69, 9.17) is 58.2 Å². The van der Waals surface area contributed by atoms with Crippen molar-refractivity contribution in [2.24, 2.45) is 0 Å². The fourth-order valence-corrected chi connectivity index (χ4v) is 11.0. The maximum absolute atomic E-state index is 9.98. The lowest BCUT2D eigenvalue weighted by Crippen LogP contribution is -1.92. The summed E-state index contributed by atoms with van der Waals surface area (Å²) in [6, 6.07) is -53.6. The topological polar surface area (TPSA) is 26.3 Å². The molecule has 17 aromatic carbocycles. The molecule has 0 saturated heterocycles. The van der Waals surface area contributed by atoms with E-state index in [-0.39, 0.29) is 0 Å². The zero-order valence-corrected chi connectivity index (χ0v) is 45.8. The molecule has 0 radical (unpaired) electrons. The van der Waals surface area contributed by atoms with Crippen molar-refractivity contribution in [2.75, 3.05) is 0 Å². The molecule has 0 N–H and O–H groups in total. The lowest BCUT2D eigenvalue weighted by molar-refractivity contribution is 0.669. The van der Waals surface area contributed by atoms with E-state index in [0.29, 0.717) is 0 Å². The second kappa shape index (κ2) is 21.9. The fraction of sp³-hybridized carbons (Fsp3) is 0. The number of benzene rings is 17. The Hall–Kier alpha value is -12.1. The summed E-state index contributed by atoms with van der Waals surface area (Å²) in [6.07, 6.45) is 0. The molecule has 92 heavy (non-hydrogen) atoms. The first kappa shape index (κ1) is 21.3. The highest BCUT2D eigenvalue weighted by atomic mass is 16.3. The average molecular weight is 1230 g/mol. The Balaban J connectivity index is 0.000000195. The largest absolute Gasteiger partial charge is 0.456 e. The van der Waals surface area contributed by atoms with Gasteiger partial charge in [-0.3, -0.25) is 0 Å². The van der Waals surface area contributed by atoms with E-state index in [0.717, 1.165) is 0 Å². The Morgan fingerprint density at radius 2 is 0.457 bits per heavy atom. The number of fused-ring (bicyclic) bond motifs is 12. The standard InChI is InChI=1S/C48H30O.C42H26O/c1-3-14-31(15-4-1)35-26-36(32-16-5-2-6-17-32)28-37(27-35)46-38-20-9-11-22-40(38)47(41-23-12-10-21-39(41)46)42-24-13-25-44-48(42)43-29-33-18-7-8-19-34(33)30-45(43)49-44;1-2-11-27(12-3-1)28-21-23-29(24-22-28)40-32-15-6-8-17-34(32)41(35-18-9-7-16-33(35)40)36-19-10-20-38-42(36)37-25-30-13-4-5-14-31(30)26-39(37)43-38/h1-30H;1-26H/i1D,2D,3D,4D,5D,6D,7D,8D,9D,10D,11D,12D,13D,14D,15D,16D,17D,18D,19D,20D,21D,22D,23D,24D,25D,26D,27D,28D,29D,30D;1D,2D,3D,4D,5D,6D,7D,8D,9D,10D,11D,12D,13D,14D,15D,16D,17D,18D,19D,20D,21D,22D,23D,24D,25D,26D. The molecular formula is C90H56O2. The Labute approximate surface area is 610 Å². The summed E-state index contributed by atoms with van der Waals surface area (Å²) in [5.41, 5.74) is -14.2. The summed E-state index contributed by atoms with van der Waals surface area (Å²) < 4.78 is 515. The third-order valence-corrected chi connectivity index (χ3v) is 14.8. The van der Waals surface area contributed by atoms with E-state index in [9.17, 15) is 27.4 Å². The van der Waals surface area contributed by atoms with E-state index < -0.39 is 525 Å². The van der Waals surface area contributed by atoms with Crippen molar-refractivity contribution in [3.63, 3.8) is 0 Å². The highest BCUT2D eigenvalue weighted by Crippen LogP contribution is 2.50. The summed E-state index contributed by atoms with van der Waals surface area (Å²) in [5.74, 6) is 0. The van der Waals surface area contributed by atoms with Gasteiger partial charge in [-0.1, -0.05) is 284 Å². The van der Waals surface area contributed by atoms with Crippen LogP contribution in [0.4, 0.5) is 0 Å². The highest BCUT2D eigenvalue weighted by molar-refractivity contribution is 6.28. The Bertz CT molecular complexity index is 9280. The van der Waals surface area contributed by atoms with Crippen molar-refractivity contribution in [2.45, 2.75) is 0 Å². The Morgan fingerprint density at radius 1 is 0.174 bits per heavy atom. The van der Waals surface area contributed by atoms with Gasteiger partial charge in [-0.2, -0.15) is 0 Å². The maximum Gasteiger partial charge on any atom is 0.136 e. The Kier molecular flexibility index (Phi) is 5.06. The fourth-order valence-electron chi connectivity index (χ4n) is 11.0. The van der Waals surface area contributed by atoms with Crippen molar-refractivity contribution < 1.29 is 85.6 Å². The molecule has 19 rings (SSSR count). The van der Waals surface area contributed by atoms with Crippen molar-refractivity contribution in [1.82, 2.24) is 0 Å². The van der Waals surface area contributed by atoms with Crippen LogP contribution in [0.5, 0.6) is 0 Å². The second-order valence-electron chi connectivity index (χ2n) is 19.8. The van der Waals surface area contributed by atoms with Crippen LogP contribution < -0.4 is 0 Å². The zero-order chi connectivity index (χ0) is 109. The van der Waals surface area contributed by atoms with Gasteiger partial charge in [-0.15, -0.1) is 0 Å². The average Bonchev–Trinajstić information content (AvgIpc) is 0.986. The molecule has 0 bridgehead atoms. The number of rotatable bonds is 7. The van der Waals surface area contributed by atoms with E-state index >= 15 is 0 Å². The molecule has 0 amide bonds. The molecule has 0 saturated carbocycles. The molecule has 0 spiro atoms. The maximum atomic E-state index is 9.98. The summed E-state index contributed by atoms with van der Waals surface area (Å²) >= 11 is 0. The van der Waals surface area contributed by atoms with Crippen molar-refractivity contribution in [3.05, 3.63) is 338 Å². The second-order valence-corrected chi connectivity index (χ2v) is 19.8. The van der Waals surface area contributed by atoms with Crippen LogP contribution in [0.3, 0.4) is 0 Å². The lowest BCUT2D eigenvalue weighted by Gasteiger charge is -2.19. The van der Waals surface area contributed by atoms with Crippen LogP contribution in [0.2, 0.25) is 0 Å². The molecule has 0 atom stereocenters. The number of hydrogen-bond acceptors (Lipinski definition) is 2. The van der Waals surface area contributed by atoms with Gasteiger partial charge >= 0.3 is 0 Å². The van der Waals surface area contributed by atoms with Crippen molar-refractivity contribution >= 4 is 109 Å². The van der Waals surface area contributed by atoms with Gasteiger partial charge < -0.3 is 8.83 Å². The molecule has 0 aliphatic heterocycles. The van der Waals surface area contributed by atoms with Crippen molar-refractivity contribution in [1.29, 1.82) is 0 Å². The van der Waals surface area contributed by atoms with E-state index in [1.54, 1.807) is 0 Å². The normalized spacial score (nSPS) is 20.2. The van der Waals surface area contributed by atoms with Gasteiger partial charge in [0.1, 0.15) is 22.3 Å². The van der Waals surface area contributed by atoms with Gasteiger partial charge in [0.15, 0.2) is 0 Å². The molecule has 2 heterocycles.